The first kappa shape index (κ1) is 19.9. The molecule has 0 aromatic heterocycles. The van der Waals surface area contributed by atoms with Gasteiger partial charge in [0.25, 0.3) is 11.8 Å². The van der Waals surface area contributed by atoms with Gasteiger partial charge in [-0.25, -0.2) is 4.39 Å². The summed E-state index contributed by atoms with van der Waals surface area (Å²) in [4.78, 5) is 35.9. The number of nitrogens with one attached hydrogen (secondary N) is 2. The van der Waals surface area contributed by atoms with Gasteiger partial charge in [-0.05, 0) is 37.3 Å². The highest BCUT2D eigenvalue weighted by molar-refractivity contribution is 5.99. The minimum absolute atomic E-state index is 0.243. The van der Waals surface area contributed by atoms with E-state index in [2.05, 4.69) is 10.6 Å². The fraction of sp³-hybridized carbons (Fsp3) is 0.211. The quantitative estimate of drug-likeness (QED) is 0.724. The van der Waals surface area contributed by atoms with E-state index in [-0.39, 0.29) is 11.3 Å². The van der Waals surface area contributed by atoms with Gasteiger partial charge >= 0.3 is 5.97 Å². The molecule has 0 saturated carbocycles. The smallest absolute Gasteiger partial charge is 0.326 e. The van der Waals surface area contributed by atoms with Crippen LogP contribution < -0.4 is 15.4 Å². The molecule has 0 aliphatic rings. The number of methoxy groups -OCH3 is 1. The van der Waals surface area contributed by atoms with Gasteiger partial charge < -0.3 is 20.1 Å². The van der Waals surface area contributed by atoms with Crippen molar-refractivity contribution < 1.29 is 28.2 Å². The number of amides is 2. The molecule has 0 spiro atoms. The number of benzene rings is 2. The molecule has 0 heterocycles. The number of hydrogen-bond donors (Lipinski definition) is 2. The Bertz CT molecular complexity index is 840. The van der Waals surface area contributed by atoms with E-state index in [0.717, 1.165) is 6.07 Å². The number of esters is 1. The summed E-state index contributed by atoms with van der Waals surface area (Å²) < 4.78 is 23.2. The molecule has 2 rings (SSSR count). The Morgan fingerprint density at radius 1 is 1.11 bits per heavy atom. The van der Waals surface area contributed by atoms with Gasteiger partial charge in [0.05, 0.1) is 12.7 Å². The van der Waals surface area contributed by atoms with Crippen LogP contribution in [0.2, 0.25) is 0 Å². The molecule has 2 aromatic carbocycles. The van der Waals surface area contributed by atoms with E-state index in [1.165, 1.54) is 32.2 Å². The fourth-order valence-electron chi connectivity index (χ4n) is 2.18. The molecule has 1 atom stereocenters. The van der Waals surface area contributed by atoms with Crippen LogP contribution in [0.3, 0.4) is 0 Å². The summed E-state index contributed by atoms with van der Waals surface area (Å²) >= 11 is 0. The molecule has 0 aliphatic heterocycles. The first-order valence-corrected chi connectivity index (χ1v) is 8.08. The number of hydrogen-bond acceptors (Lipinski definition) is 5. The van der Waals surface area contributed by atoms with Crippen LogP contribution in [-0.4, -0.2) is 37.5 Å². The molecule has 7 nitrogen and oxygen atoms in total. The van der Waals surface area contributed by atoms with Crippen molar-refractivity contribution in [3.63, 3.8) is 0 Å². The topological polar surface area (TPSA) is 93.7 Å². The Balaban J connectivity index is 1.84. The van der Waals surface area contributed by atoms with Crippen LogP contribution in [0.15, 0.2) is 48.5 Å². The van der Waals surface area contributed by atoms with Crippen LogP contribution in [0.5, 0.6) is 5.75 Å². The Hall–Kier alpha value is -3.42. The van der Waals surface area contributed by atoms with Crippen molar-refractivity contribution >= 4 is 23.5 Å². The average molecular weight is 374 g/mol. The van der Waals surface area contributed by atoms with E-state index in [4.69, 9.17) is 9.47 Å². The SMILES string of the molecule is COc1ccccc1C(=O)NCC(=O)OC(C)C(=O)Nc1cccc(F)c1. The predicted octanol–water partition coefficient (Wildman–Crippen LogP) is 2.13. The molecular weight excluding hydrogens is 355 g/mol. The first-order valence-electron chi connectivity index (χ1n) is 8.08. The second-order valence-electron chi connectivity index (χ2n) is 5.51. The molecule has 1 unspecified atom stereocenters. The Morgan fingerprint density at radius 2 is 1.85 bits per heavy atom. The summed E-state index contributed by atoms with van der Waals surface area (Å²) in [6.07, 6.45) is -1.12. The molecule has 2 N–H and O–H groups in total. The zero-order valence-electron chi connectivity index (χ0n) is 14.8. The molecule has 2 aromatic rings. The van der Waals surface area contributed by atoms with Crippen molar-refractivity contribution in [3.05, 3.63) is 59.9 Å². The second kappa shape index (κ2) is 9.33. The van der Waals surface area contributed by atoms with Crippen LogP contribution in [0.1, 0.15) is 17.3 Å². The highest BCUT2D eigenvalue weighted by Gasteiger charge is 2.19. The number of anilines is 1. The zero-order valence-corrected chi connectivity index (χ0v) is 14.8. The van der Waals surface area contributed by atoms with Crippen LogP contribution in [-0.2, 0) is 14.3 Å². The van der Waals surface area contributed by atoms with E-state index in [1.54, 1.807) is 24.3 Å². The Kier molecular flexibility index (Phi) is 6.87. The van der Waals surface area contributed by atoms with Crippen molar-refractivity contribution in [2.75, 3.05) is 19.0 Å². The summed E-state index contributed by atoms with van der Waals surface area (Å²) in [7, 11) is 1.43. The monoisotopic (exact) mass is 374 g/mol. The number of para-hydroxylation sites is 1. The number of ether oxygens (including phenoxy) is 2. The highest BCUT2D eigenvalue weighted by atomic mass is 19.1. The molecule has 8 heteroatoms. The third-order valence-electron chi connectivity index (χ3n) is 3.51. The molecule has 0 bridgehead atoms. The molecule has 0 radical (unpaired) electrons. The lowest BCUT2D eigenvalue weighted by atomic mass is 10.2. The van der Waals surface area contributed by atoms with Crippen LogP contribution in [0.4, 0.5) is 10.1 Å². The van der Waals surface area contributed by atoms with Crippen molar-refractivity contribution in [2.24, 2.45) is 0 Å². The summed E-state index contributed by atoms with van der Waals surface area (Å²) in [5.74, 6) is -2.06. The number of rotatable bonds is 7. The molecule has 2 amide bonds. The van der Waals surface area contributed by atoms with Crippen molar-refractivity contribution in [3.8, 4) is 5.75 Å². The summed E-state index contributed by atoms with van der Waals surface area (Å²) in [6, 6.07) is 11.9. The third-order valence-corrected chi connectivity index (χ3v) is 3.51. The van der Waals surface area contributed by atoms with Crippen LogP contribution >= 0.6 is 0 Å². The molecule has 27 heavy (non-hydrogen) atoms. The van der Waals surface area contributed by atoms with Gasteiger partial charge in [0.2, 0.25) is 0 Å². The molecule has 0 aliphatic carbocycles. The van der Waals surface area contributed by atoms with E-state index in [1.807, 2.05) is 0 Å². The van der Waals surface area contributed by atoms with Crippen molar-refractivity contribution in [1.29, 1.82) is 0 Å². The minimum Gasteiger partial charge on any atom is -0.496 e. The fourth-order valence-corrected chi connectivity index (χ4v) is 2.18. The predicted molar refractivity (Wildman–Crippen MR) is 95.9 cm³/mol. The van der Waals surface area contributed by atoms with Gasteiger partial charge in [-0.2, -0.15) is 0 Å². The van der Waals surface area contributed by atoms with Gasteiger partial charge in [0.1, 0.15) is 18.1 Å². The molecule has 0 saturated heterocycles. The normalized spacial score (nSPS) is 11.2. The van der Waals surface area contributed by atoms with Crippen molar-refractivity contribution in [1.82, 2.24) is 5.32 Å². The van der Waals surface area contributed by atoms with Gasteiger partial charge in [-0.3, -0.25) is 14.4 Å². The number of halogens is 1. The van der Waals surface area contributed by atoms with Gasteiger partial charge in [0, 0.05) is 5.69 Å². The summed E-state index contributed by atoms with van der Waals surface area (Å²) in [5, 5.41) is 4.83. The maximum absolute atomic E-state index is 13.1. The van der Waals surface area contributed by atoms with Crippen molar-refractivity contribution in [2.45, 2.75) is 13.0 Å². The lowest BCUT2D eigenvalue weighted by molar-refractivity contribution is -0.152. The third kappa shape index (κ3) is 5.81. The number of carbonyl (C=O) groups excluding carboxylic acids is 3. The number of carbonyl (C=O) groups is 3. The van der Waals surface area contributed by atoms with Gasteiger partial charge in [0.15, 0.2) is 6.10 Å². The van der Waals surface area contributed by atoms with Gasteiger partial charge in [-0.1, -0.05) is 18.2 Å². The maximum Gasteiger partial charge on any atom is 0.326 e. The molecule has 142 valence electrons. The standard InChI is InChI=1S/C19H19FN2O5/c1-12(18(24)22-14-7-5-6-13(20)10-14)27-17(23)11-21-19(25)15-8-3-4-9-16(15)26-2/h3-10,12H,11H2,1-2H3,(H,21,25)(H,22,24). The van der Waals surface area contributed by atoms with E-state index < -0.39 is 36.2 Å². The summed E-state index contributed by atoms with van der Waals surface area (Å²) in [6.45, 7) is 0.947. The lowest BCUT2D eigenvalue weighted by Crippen LogP contribution is -2.36. The van der Waals surface area contributed by atoms with E-state index in [9.17, 15) is 18.8 Å². The average Bonchev–Trinajstić information content (AvgIpc) is 2.66. The molecule has 0 fully saturated rings. The van der Waals surface area contributed by atoms with E-state index >= 15 is 0 Å². The first-order chi connectivity index (χ1) is 12.9. The largest absolute Gasteiger partial charge is 0.496 e. The van der Waals surface area contributed by atoms with Gasteiger partial charge in [-0.15, -0.1) is 0 Å². The Morgan fingerprint density at radius 3 is 2.56 bits per heavy atom. The zero-order chi connectivity index (χ0) is 19.8. The second-order valence-corrected chi connectivity index (χ2v) is 5.51. The lowest BCUT2D eigenvalue weighted by Gasteiger charge is -2.14. The maximum atomic E-state index is 13.1. The highest BCUT2D eigenvalue weighted by Crippen LogP contribution is 2.16. The Labute approximate surface area is 155 Å². The van der Waals surface area contributed by atoms with Crippen LogP contribution in [0, 0.1) is 5.82 Å². The van der Waals surface area contributed by atoms with E-state index in [0.29, 0.717) is 5.75 Å². The van der Waals surface area contributed by atoms with Crippen LogP contribution in [0.25, 0.3) is 0 Å². The summed E-state index contributed by atoms with van der Waals surface area (Å²) in [5.41, 5.74) is 0.511. The minimum atomic E-state index is -1.12. The molecular formula is C19H19FN2O5.